The molecule has 0 amide bonds. The van der Waals surface area contributed by atoms with E-state index in [2.05, 4.69) is 6.08 Å². The molecule has 0 saturated heterocycles. The Kier molecular flexibility index (Phi) is 2.71. The van der Waals surface area contributed by atoms with E-state index in [1.54, 1.807) is 6.07 Å². The highest BCUT2D eigenvalue weighted by molar-refractivity contribution is 6.35. The van der Waals surface area contributed by atoms with Crippen LogP contribution < -0.4 is 0 Å². The van der Waals surface area contributed by atoms with Crippen LogP contribution in [0.3, 0.4) is 0 Å². The Morgan fingerprint density at radius 2 is 1.93 bits per heavy atom. The molecule has 1 aliphatic rings. The van der Waals surface area contributed by atoms with E-state index in [0.717, 1.165) is 18.4 Å². The Hall–Kier alpha value is -0.660. The molecule has 14 heavy (non-hydrogen) atoms. The minimum absolute atomic E-state index is 0.0408. The summed E-state index contributed by atoms with van der Waals surface area (Å²) in [4.78, 5) is 0. The predicted molar refractivity (Wildman–Crippen MR) is 60.0 cm³/mol. The van der Waals surface area contributed by atoms with E-state index in [0.29, 0.717) is 10.0 Å². The lowest BCUT2D eigenvalue weighted by atomic mass is 10.1. The highest BCUT2D eigenvalue weighted by Gasteiger charge is 2.13. The van der Waals surface area contributed by atoms with Crippen molar-refractivity contribution in [1.29, 1.82) is 0 Å². The molecule has 0 atom stereocenters. The molecule has 0 radical (unpaired) electrons. The summed E-state index contributed by atoms with van der Waals surface area (Å²) in [5.74, 6) is 0.0408. The summed E-state index contributed by atoms with van der Waals surface area (Å²) in [5.41, 5.74) is 2.18. The van der Waals surface area contributed by atoms with Crippen molar-refractivity contribution < 1.29 is 5.11 Å². The lowest BCUT2D eigenvalue weighted by Gasteiger charge is -2.07. The highest BCUT2D eigenvalue weighted by Crippen LogP contribution is 2.37. The van der Waals surface area contributed by atoms with E-state index >= 15 is 0 Å². The van der Waals surface area contributed by atoms with Crippen LogP contribution in [0.4, 0.5) is 0 Å². The second-order valence-corrected chi connectivity index (χ2v) is 4.22. The quantitative estimate of drug-likeness (QED) is 0.762. The Labute approximate surface area is 93.0 Å². The van der Waals surface area contributed by atoms with Crippen molar-refractivity contribution in [2.24, 2.45) is 0 Å². The Morgan fingerprint density at radius 3 is 2.57 bits per heavy atom. The van der Waals surface area contributed by atoms with E-state index in [9.17, 15) is 5.11 Å². The number of aromatic hydroxyl groups is 1. The van der Waals surface area contributed by atoms with Crippen molar-refractivity contribution in [3.05, 3.63) is 33.8 Å². The average Bonchev–Trinajstić information content (AvgIpc) is 2.64. The van der Waals surface area contributed by atoms with Gasteiger partial charge in [0.05, 0.1) is 10.0 Å². The van der Waals surface area contributed by atoms with Crippen LogP contribution in [0, 0.1) is 0 Å². The molecule has 3 heteroatoms. The molecule has 1 aliphatic carbocycles. The van der Waals surface area contributed by atoms with Crippen LogP contribution in [-0.2, 0) is 0 Å². The summed E-state index contributed by atoms with van der Waals surface area (Å²) < 4.78 is 0. The number of phenolic OH excluding ortho intramolecular Hbond substituents is 1. The summed E-state index contributed by atoms with van der Waals surface area (Å²) in [5, 5.41) is 10.3. The molecular formula is C11H10Cl2O. The van der Waals surface area contributed by atoms with Crippen LogP contribution in [0.2, 0.25) is 10.0 Å². The van der Waals surface area contributed by atoms with Gasteiger partial charge in [0.2, 0.25) is 0 Å². The fourth-order valence-electron chi connectivity index (χ4n) is 1.70. The number of phenols is 1. The van der Waals surface area contributed by atoms with E-state index in [1.807, 2.05) is 0 Å². The molecule has 0 fully saturated rings. The van der Waals surface area contributed by atoms with Gasteiger partial charge < -0.3 is 5.11 Å². The van der Waals surface area contributed by atoms with Crippen LogP contribution in [0.5, 0.6) is 5.75 Å². The number of halogens is 2. The van der Waals surface area contributed by atoms with Crippen molar-refractivity contribution in [2.45, 2.75) is 19.3 Å². The molecule has 0 unspecified atom stereocenters. The first-order chi connectivity index (χ1) is 6.68. The fraction of sp³-hybridized carbons (Fsp3) is 0.273. The van der Waals surface area contributed by atoms with Gasteiger partial charge in [0.1, 0.15) is 5.75 Å². The van der Waals surface area contributed by atoms with Gasteiger partial charge in [-0.1, -0.05) is 29.3 Å². The van der Waals surface area contributed by atoms with Crippen LogP contribution in [0.15, 0.2) is 18.2 Å². The van der Waals surface area contributed by atoms with Gasteiger partial charge in [0.25, 0.3) is 0 Å². The monoisotopic (exact) mass is 228 g/mol. The molecule has 1 aromatic rings. The Morgan fingerprint density at radius 1 is 1.14 bits per heavy atom. The number of hydrogen-bond acceptors (Lipinski definition) is 1. The summed E-state index contributed by atoms with van der Waals surface area (Å²) >= 11 is 11.9. The summed E-state index contributed by atoms with van der Waals surface area (Å²) in [6.07, 6.45) is 5.49. The maximum absolute atomic E-state index is 9.33. The van der Waals surface area contributed by atoms with Gasteiger partial charge in [-0.2, -0.15) is 0 Å². The molecule has 2 rings (SSSR count). The minimum Gasteiger partial charge on any atom is -0.506 e. The van der Waals surface area contributed by atoms with Crippen LogP contribution >= 0.6 is 23.2 Å². The van der Waals surface area contributed by atoms with Gasteiger partial charge in [-0.15, -0.1) is 0 Å². The molecule has 0 heterocycles. The lowest BCUT2D eigenvalue weighted by Crippen LogP contribution is -1.83. The zero-order valence-electron chi connectivity index (χ0n) is 7.56. The zero-order valence-corrected chi connectivity index (χ0v) is 9.07. The van der Waals surface area contributed by atoms with Gasteiger partial charge in [-0.05, 0) is 36.5 Å². The Balaban J connectivity index is 2.47. The number of benzene rings is 1. The standard InChI is InChI=1S/C11H10Cl2O/c12-9-6-11(14)10(13)5-8(9)7-3-1-2-4-7/h3,5-6,14H,1-2,4H2. The normalized spacial score (nSPS) is 15.7. The third-order valence-corrected chi connectivity index (χ3v) is 3.04. The third-order valence-electron chi connectivity index (χ3n) is 2.42. The largest absolute Gasteiger partial charge is 0.506 e. The first kappa shape index (κ1) is 9.88. The second-order valence-electron chi connectivity index (χ2n) is 3.41. The molecular weight excluding hydrogens is 219 g/mol. The first-order valence-electron chi connectivity index (χ1n) is 4.56. The van der Waals surface area contributed by atoms with Crippen LogP contribution in [0.25, 0.3) is 5.57 Å². The summed E-state index contributed by atoms with van der Waals surface area (Å²) in [6.45, 7) is 0. The molecule has 0 aliphatic heterocycles. The van der Waals surface area contributed by atoms with Crippen molar-refractivity contribution in [3.63, 3.8) is 0 Å². The molecule has 0 saturated carbocycles. The van der Waals surface area contributed by atoms with Crippen molar-refractivity contribution in [1.82, 2.24) is 0 Å². The fourth-order valence-corrected chi connectivity index (χ4v) is 2.14. The first-order valence-corrected chi connectivity index (χ1v) is 5.31. The van der Waals surface area contributed by atoms with E-state index in [1.165, 1.54) is 18.1 Å². The van der Waals surface area contributed by atoms with Gasteiger partial charge >= 0.3 is 0 Å². The number of allylic oxidation sites excluding steroid dienone is 2. The lowest BCUT2D eigenvalue weighted by molar-refractivity contribution is 0.475. The Bertz CT molecular complexity index is 397. The topological polar surface area (TPSA) is 20.2 Å². The summed E-state index contributed by atoms with van der Waals surface area (Å²) in [6, 6.07) is 3.23. The molecule has 0 spiro atoms. The van der Waals surface area contributed by atoms with Crippen LogP contribution in [-0.4, -0.2) is 5.11 Å². The molecule has 74 valence electrons. The van der Waals surface area contributed by atoms with E-state index in [-0.39, 0.29) is 5.75 Å². The SMILES string of the molecule is Oc1cc(Cl)c(C2=CCCC2)cc1Cl. The van der Waals surface area contributed by atoms with Gasteiger partial charge in [0, 0.05) is 6.07 Å². The minimum atomic E-state index is 0.0408. The van der Waals surface area contributed by atoms with E-state index < -0.39 is 0 Å². The molecule has 1 N–H and O–H groups in total. The molecule has 1 nitrogen and oxygen atoms in total. The maximum Gasteiger partial charge on any atom is 0.135 e. The number of hydrogen-bond donors (Lipinski definition) is 1. The highest BCUT2D eigenvalue weighted by atomic mass is 35.5. The zero-order chi connectivity index (χ0) is 10.1. The maximum atomic E-state index is 9.33. The third kappa shape index (κ3) is 1.75. The van der Waals surface area contributed by atoms with Gasteiger partial charge in [-0.25, -0.2) is 0 Å². The predicted octanol–water partition coefficient (Wildman–Crippen LogP) is 4.27. The smallest absolute Gasteiger partial charge is 0.135 e. The molecule has 1 aromatic carbocycles. The van der Waals surface area contributed by atoms with Gasteiger partial charge in [-0.3, -0.25) is 0 Å². The van der Waals surface area contributed by atoms with Crippen molar-refractivity contribution >= 4 is 28.8 Å². The van der Waals surface area contributed by atoms with Crippen molar-refractivity contribution in [3.8, 4) is 5.75 Å². The molecule has 0 aromatic heterocycles. The number of rotatable bonds is 1. The van der Waals surface area contributed by atoms with Crippen LogP contribution in [0.1, 0.15) is 24.8 Å². The van der Waals surface area contributed by atoms with Gasteiger partial charge in [0.15, 0.2) is 0 Å². The molecule has 0 bridgehead atoms. The van der Waals surface area contributed by atoms with E-state index in [4.69, 9.17) is 23.2 Å². The van der Waals surface area contributed by atoms with Crippen molar-refractivity contribution in [2.75, 3.05) is 0 Å². The summed E-state index contributed by atoms with van der Waals surface area (Å²) in [7, 11) is 0. The second kappa shape index (κ2) is 3.84. The average molecular weight is 229 g/mol.